The Morgan fingerprint density at radius 1 is 0.939 bits per heavy atom. The van der Waals surface area contributed by atoms with Crippen molar-refractivity contribution in [3.8, 4) is 17.2 Å². The van der Waals surface area contributed by atoms with Gasteiger partial charge < -0.3 is 24.0 Å². The maximum absolute atomic E-state index is 5.44. The van der Waals surface area contributed by atoms with Crippen LogP contribution in [0.5, 0.6) is 17.2 Å². The number of aryl methyl sites for hydroxylation is 1. The summed E-state index contributed by atoms with van der Waals surface area (Å²) in [5.74, 6) is 3.20. The van der Waals surface area contributed by atoms with Crippen molar-refractivity contribution in [2.24, 2.45) is 0 Å². The zero-order chi connectivity index (χ0) is 23.4. The Balaban J connectivity index is 1.35. The summed E-state index contributed by atoms with van der Waals surface area (Å²) in [7, 11) is 7.25. The van der Waals surface area contributed by atoms with Gasteiger partial charge in [-0.25, -0.2) is 9.97 Å². The first-order valence-electron chi connectivity index (χ1n) is 11.5. The molecule has 176 valence electrons. The van der Waals surface area contributed by atoms with Crippen LogP contribution in [0.25, 0.3) is 10.9 Å². The van der Waals surface area contributed by atoms with Crippen LogP contribution in [0.15, 0.2) is 36.4 Å². The molecule has 1 aliphatic heterocycles. The van der Waals surface area contributed by atoms with Crippen molar-refractivity contribution < 1.29 is 14.2 Å². The number of piperidine rings is 1. The van der Waals surface area contributed by atoms with Crippen LogP contribution in [0.3, 0.4) is 0 Å². The van der Waals surface area contributed by atoms with E-state index >= 15 is 0 Å². The summed E-state index contributed by atoms with van der Waals surface area (Å²) in [4.78, 5) is 14.4. The molecule has 0 bridgehead atoms. The Bertz CT molecular complexity index is 1100. The topological polar surface area (TPSA) is 60.0 Å². The van der Waals surface area contributed by atoms with Crippen LogP contribution in [0.4, 0.5) is 5.95 Å². The highest BCUT2D eigenvalue weighted by Crippen LogP contribution is 2.28. The zero-order valence-electron chi connectivity index (χ0n) is 20.3. The standard InChI is InChI=1S/C26H34N4O3/c1-18-22-8-7-21(31-3)17-23(22)28-26(27-18)30-14-11-20(12-15-30)29(2)13-10-19-6-9-24(32-4)25(16-19)33-5/h6-9,16-17,20H,10-15H2,1-5H3. The third-order valence-corrected chi connectivity index (χ3v) is 6.65. The number of aromatic nitrogens is 2. The molecule has 0 N–H and O–H groups in total. The summed E-state index contributed by atoms with van der Waals surface area (Å²) in [5, 5.41) is 1.07. The fourth-order valence-electron chi connectivity index (χ4n) is 4.55. The number of hydrogen-bond acceptors (Lipinski definition) is 7. The Morgan fingerprint density at radius 2 is 1.70 bits per heavy atom. The number of nitrogens with zero attached hydrogens (tertiary/aromatic N) is 4. The fraction of sp³-hybridized carbons (Fsp3) is 0.462. The van der Waals surface area contributed by atoms with E-state index in [2.05, 4.69) is 35.9 Å². The van der Waals surface area contributed by atoms with E-state index in [4.69, 9.17) is 24.2 Å². The van der Waals surface area contributed by atoms with Gasteiger partial charge in [-0.1, -0.05) is 6.07 Å². The fourth-order valence-corrected chi connectivity index (χ4v) is 4.55. The van der Waals surface area contributed by atoms with Crippen LogP contribution in [-0.2, 0) is 6.42 Å². The molecule has 0 amide bonds. The van der Waals surface area contributed by atoms with Gasteiger partial charge >= 0.3 is 0 Å². The molecule has 0 aliphatic carbocycles. The molecule has 7 heteroatoms. The van der Waals surface area contributed by atoms with Gasteiger partial charge in [0.2, 0.25) is 5.95 Å². The van der Waals surface area contributed by atoms with Gasteiger partial charge in [0.25, 0.3) is 0 Å². The van der Waals surface area contributed by atoms with Crippen LogP contribution in [-0.4, -0.2) is 68.9 Å². The lowest BCUT2D eigenvalue weighted by atomic mass is 10.0. The van der Waals surface area contributed by atoms with Crippen molar-refractivity contribution in [2.75, 3.05) is 52.9 Å². The third-order valence-electron chi connectivity index (χ3n) is 6.65. The van der Waals surface area contributed by atoms with Crippen LogP contribution >= 0.6 is 0 Å². The summed E-state index contributed by atoms with van der Waals surface area (Å²) in [6.45, 7) is 4.97. The first kappa shape index (κ1) is 23.1. The largest absolute Gasteiger partial charge is 0.497 e. The van der Waals surface area contributed by atoms with Crippen molar-refractivity contribution >= 4 is 16.9 Å². The second kappa shape index (κ2) is 10.3. The van der Waals surface area contributed by atoms with E-state index in [9.17, 15) is 0 Å². The van der Waals surface area contributed by atoms with Crippen LogP contribution < -0.4 is 19.1 Å². The van der Waals surface area contributed by atoms with E-state index in [1.807, 2.05) is 24.3 Å². The Hall–Kier alpha value is -3.06. The van der Waals surface area contributed by atoms with Crippen molar-refractivity contribution in [1.29, 1.82) is 0 Å². The molecule has 2 aromatic carbocycles. The highest BCUT2D eigenvalue weighted by Gasteiger charge is 2.24. The lowest BCUT2D eigenvalue weighted by Gasteiger charge is -2.37. The molecule has 0 spiro atoms. The van der Waals surface area contributed by atoms with Gasteiger partial charge in [0.15, 0.2) is 11.5 Å². The Labute approximate surface area is 196 Å². The number of likely N-dealkylation sites (N-methyl/N-ethyl adjacent to an activating group) is 1. The molecule has 0 unspecified atom stereocenters. The first-order chi connectivity index (χ1) is 16.0. The third kappa shape index (κ3) is 5.14. The SMILES string of the molecule is COc1ccc2c(C)nc(N3CCC(N(C)CCc4ccc(OC)c(OC)c4)CC3)nc2c1. The van der Waals surface area contributed by atoms with Crippen molar-refractivity contribution in [2.45, 2.75) is 32.2 Å². The predicted molar refractivity (Wildman–Crippen MR) is 132 cm³/mol. The lowest BCUT2D eigenvalue weighted by molar-refractivity contribution is 0.209. The molecule has 3 aromatic rings. The van der Waals surface area contributed by atoms with Crippen molar-refractivity contribution in [1.82, 2.24) is 14.9 Å². The molecular formula is C26H34N4O3. The lowest BCUT2D eigenvalue weighted by Crippen LogP contribution is -2.44. The van der Waals surface area contributed by atoms with Gasteiger partial charge in [-0.05, 0) is 63.1 Å². The minimum atomic E-state index is 0.558. The first-order valence-corrected chi connectivity index (χ1v) is 11.5. The van der Waals surface area contributed by atoms with Crippen LogP contribution in [0, 0.1) is 6.92 Å². The second-order valence-corrected chi connectivity index (χ2v) is 8.63. The quantitative estimate of drug-likeness (QED) is 0.512. The maximum Gasteiger partial charge on any atom is 0.226 e. The molecule has 0 saturated carbocycles. The molecule has 33 heavy (non-hydrogen) atoms. The maximum atomic E-state index is 5.44. The highest BCUT2D eigenvalue weighted by atomic mass is 16.5. The summed E-state index contributed by atoms with van der Waals surface area (Å²) in [5.41, 5.74) is 3.20. The van der Waals surface area contributed by atoms with Gasteiger partial charge in [0.05, 0.1) is 32.5 Å². The van der Waals surface area contributed by atoms with E-state index in [1.165, 1.54) is 5.56 Å². The highest BCUT2D eigenvalue weighted by molar-refractivity contribution is 5.83. The average Bonchev–Trinajstić information content (AvgIpc) is 2.86. The second-order valence-electron chi connectivity index (χ2n) is 8.63. The van der Waals surface area contributed by atoms with Crippen molar-refractivity contribution in [3.63, 3.8) is 0 Å². The molecule has 1 aliphatic rings. The van der Waals surface area contributed by atoms with Gasteiger partial charge in [0.1, 0.15) is 5.75 Å². The molecular weight excluding hydrogens is 416 g/mol. The molecule has 1 fully saturated rings. The zero-order valence-corrected chi connectivity index (χ0v) is 20.3. The van der Waals surface area contributed by atoms with Crippen molar-refractivity contribution in [3.05, 3.63) is 47.7 Å². The normalized spacial score (nSPS) is 14.7. The Kier molecular flexibility index (Phi) is 7.18. The molecule has 0 radical (unpaired) electrons. The van der Waals surface area contributed by atoms with Gasteiger partial charge in [-0.3, -0.25) is 0 Å². The van der Waals surface area contributed by atoms with E-state index < -0.39 is 0 Å². The summed E-state index contributed by atoms with van der Waals surface area (Å²) >= 11 is 0. The molecule has 1 saturated heterocycles. The number of hydrogen-bond donors (Lipinski definition) is 0. The van der Waals surface area contributed by atoms with Crippen LogP contribution in [0.2, 0.25) is 0 Å². The van der Waals surface area contributed by atoms with E-state index in [1.54, 1.807) is 21.3 Å². The minimum Gasteiger partial charge on any atom is -0.497 e. The summed E-state index contributed by atoms with van der Waals surface area (Å²) < 4.78 is 16.2. The molecule has 1 aromatic heterocycles. The van der Waals surface area contributed by atoms with Gasteiger partial charge in [-0.15, -0.1) is 0 Å². The Morgan fingerprint density at radius 3 is 2.39 bits per heavy atom. The number of ether oxygens (including phenoxy) is 3. The summed E-state index contributed by atoms with van der Waals surface area (Å²) in [6.07, 6.45) is 3.17. The monoisotopic (exact) mass is 450 g/mol. The number of benzene rings is 2. The average molecular weight is 451 g/mol. The molecule has 0 atom stereocenters. The van der Waals surface area contributed by atoms with Gasteiger partial charge in [0, 0.05) is 37.1 Å². The van der Waals surface area contributed by atoms with E-state index in [-0.39, 0.29) is 0 Å². The predicted octanol–water partition coefficient (Wildman–Crippen LogP) is 4.11. The molecule has 4 rings (SSSR count). The molecule has 2 heterocycles. The number of methoxy groups -OCH3 is 3. The number of rotatable bonds is 8. The van der Waals surface area contributed by atoms with Gasteiger partial charge in [-0.2, -0.15) is 0 Å². The minimum absolute atomic E-state index is 0.558. The number of anilines is 1. The number of fused-ring (bicyclic) bond motifs is 1. The van der Waals surface area contributed by atoms with E-state index in [0.29, 0.717) is 6.04 Å². The smallest absolute Gasteiger partial charge is 0.226 e. The van der Waals surface area contributed by atoms with E-state index in [0.717, 1.165) is 78.7 Å². The summed E-state index contributed by atoms with van der Waals surface area (Å²) in [6, 6.07) is 12.7. The van der Waals surface area contributed by atoms with Crippen LogP contribution in [0.1, 0.15) is 24.1 Å². The molecule has 7 nitrogen and oxygen atoms in total.